The molecule has 0 aliphatic rings. The molecule has 0 radical (unpaired) electrons. The first-order chi connectivity index (χ1) is 10.4. The molecule has 2 aromatic rings. The molecule has 1 aromatic heterocycles. The van der Waals surface area contributed by atoms with Crippen LogP contribution in [0.15, 0.2) is 36.5 Å². The van der Waals surface area contributed by atoms with Gasteiger partial charge in [-0.3, -0.25) is 4.79 Å². The highest BCUT2D eigenvalue weighted by atomic mass is 19.1. The van der Waals surface area contributed by atoms with Gasteiger partial charge in [0.05, 0.1) is 17.6 Å². The summed E-state index contributed by atoms with van der Waals surface area (Å²) in [7, 11) is 0. The maximum Gasteiger partial charge on any atom is 0.225 e. The predicted molar refractivity (Wildman–Crippen MR) is 82.0 cm³/mol. The number of amides is 1. The van der Waals surface area contributed by atoms with Gasteiger partial charge in [0.1, 0.15) is 17.5 Å². The van der Waals surface area contributed by atoms with Crippen LogP contribution in [0.3, 0.4) is 0 Å². The first kappa shape index (κ1) is 15.9. The quantitative estimate of drug-likeness (QED) is 0.875. The summed E-state index contributed by atoms with van der Waals surface area (Å²) >= 11 is 0. The monoisotopic (exact) mass is 305 g/mol. The van der Waals surface area contributed by atoms with Crippen molar-refractivity contribution in [2.24, 2.45) is 5.92 Å². The Hall–Kier alpha value is -2.50. The molecule has 116 valence electrons. The topological polar surface area (TPSA) is 54.0 Å². The van der Waals surface area contributed by atoms with Gasteiger partial charge >= 0.3 is 0 Å². The van der Waals surface area contributed by atoms with Gasteiger partial charge in [0, 0.05) is 12.5 Å². The molecule has 1 aromatic carbocycles. The summed E-state index contributed by atoms with van der Waals surface area (Å²) in [5, 5.41) is 5.48. The lowest BCUT2D eigenvalue weighted by molar-refractivity contribution is -0.116. The molecule has 0 fully saturated rings. The van der Waals surface area contributed by atoms with Gasteiger partial charge in [-0.25, -0.2) is 13.8 Å². The molecular weight excluding hydrogens is 288 g/mol. The van der Waals surface area contributed by atoms with Crippen LogP contribution in [0.25, 0.3) is 0 Å². The molecule has 0 unspecified atom stereocenters. The molecule has 0 saturated heterocycles. The van der Waals surface area contributed by atoms with Crippen LogP contribution < -0.4 is 10.6 Å². The maximum absolute atomic E-state index is 13.5. The van der Waals surface area contributed by atoms with Crippen molar-refractivity contribution >= 4 is 23.1 Å². The molecule has 0 saturated carbocycles. The van der Waals surface area contributed by atoms with E-state index >= 15 is 0 Å². The van der Waals surface area contributed by atoms with Crippen molar-refractivity contribution in [3.05, 3.63) is 48.2 Å². The highest BCUT2D eigenvalue weighted by molar-refractivity contribution is 5.89. The van der Waals surface area contributed by atoms with Gasteiger partial charge in [0.2, 0.25) is 5.91 Å². The zero-order valence-electron chi connectivity index (χ0n) is 12.4. The van der Waals surface area contributed by atoms with Gasteiger partial charge in [0.15, 0.2) is 0 Å². The van der Waals surface area contributed by atoms with Gasteiger partial charge < -0.3 is 10.6 Å². The van der Waals surface area contributed by atoms with Crippen molar-refractivity contribution in [3.8, 4) is 0 Å². The third-order valence-corrected chi connectivity index (χ3v) is 2.83. The molecular formula is C16H17F2N3O. The maximum atomic E-state index is 13.5. The van der Waals surface area contributed by atoms with Crippen molar-refractivity contribution in [3.63, 3.8) is 0 Å². The largest absolute Gasteiger partial charge is 0.352 e. The van der Waals surface area contributed by atoms with E-state index in [1.807, 2.05) is 13.8 Å². The molecule has 6 heteroatoms. The second-order valence-corrected chi connectivity index (χ2v) is 5.33. The second-order valence-electron chi connectivity index (χ2n) is 5.33. The Bertz CT molecular complexity index is 657. The molecule has 22 heavy (non-hydrogen) atoms. The molecule has 0 aliphatic heterocycles. The standard InChI is InChI=1S/C16H17F2N3O/c1-10(2)7-16(22)21-15-6-4-12(9-19-15)20-14-5-3-11(17)8-13(14)18/h3-6,8-10,20H,7H2,1-2H3,(H,19,21,22). The van der Waals surface area contributed by atoms with Gasteiger partial charge in [-0.1, -0.05) is 13.8 Å². The van der Waals surface area contributed by atoms with Crippen LogP contribution in [0.1, 0.15) is 20.3 Å². The SMILES string of the molecule is CC(C)CC(=O)Nc1ccc(Nc2ccc(F)cc2F)cn1. The Morgan fingerprint density at radius 2 is 2.00 bits per heavy atom. The summed E-state index contributed by atoms with van der Waals surface area (Å²) < 4.78 is 26.4. The average molecular weight is 305 g/mol. The van der Waals surface area contributed by atoms with E-state index < -0.39 is 11.6 Å². The number of hydrogen-bond acceptors (Lipinski definition) is 3. The molecule has 1 amide bonds. The molecule has 0 aliphatic carbocycles. The number of carbonyl (C=O) groups is 1. The normalized spacial score (nSPS) is 10.6. The van der Waals surface area contributed by atoms with Gasteiger partial charge in [0.25, 0.3) is 0 Å². The summed E-state index contributed by atoms with van der Waals surface area (Å²) in [5.41, 5.74) is 0.687. The number of rotatable bonds is 5. The number of hydrogen-bond donors (Lipinski definition) is 2. The first-order valence-corrected chi connectivity index (χ1v) is 6.92. The van der Waals surface area contributed by atoms with Crippen LogP contribution in [-0.2, 0) is 4.79 Å². The minimum absolute atomic E-state index is 0.104. The fraction of sp³-hybridized carbons (Fsp3) is 0.250. The molecule has 0 spiro atoms. The summed E-state index contributed by atoms with van der Waals surface area (Å²) in [6.07, 6.45) is 1.89. The summed E-state index contributed by atoms with van der Waals surface area (Å²) in [4.78, 5) is 15.7. The molecule has 0 atom stereocenters. The smallest absolute Gasteiger partial charge is 0.225 e. The van der Waals surface area contributed by atoms with Gasteiger partial charge in [-0.05, 0) is 30.2 Å². The van der Waals surface area contributed by atoms with Gasteiger partial charge in [-0.15, -0.1) is 0 Å². The van der Waals surface area contributed by atoms with E-state index in [9.17, 15) is 13.6 Å². The Balaban J connectivity index is 2.01. The molecule has 2 rings (SSSR count). The Morgan fingerprint density at radius 1 is 1.23 bits per heavy atom. The third kappa shape index (κ3) is 4.51. The Labute approximate surface area is 127 Å². The Morgan fingerprint density at radius 3 is 2.59 bits per heavy atom. The summed E-state index contributed by atoms with van der Waals surface area (Å²) in [6, 6.07) is 6.54. The number of benzene rings is 1. The van der Waals surface area contributed by atoms with E-state index in [1.165, 1.54) is 18.3 Å². The number of carbonyl (C=O) groups excluding carboxylic acids is 1. The number of nitrogens with one attached hydrogen (secondary N) is 2. The van der Waals surface area contributed by atoms with Crippen LogP contribution in [0, 0.1) is 17.6 Å². The van der Waals surface area contributed by atoms with Crippen molar-refractivity contribution in [1.29, 1.82) is 0 Å². The van der Waals surface area contributed by atoms with Crippen molar-refractivity contribution in [2.45, 2.75) is 20.3 Å². The van der Waals surface area contributed by atoms with E-state index in [0.717, 1.165) is 6.07 Å². The van der Waals surface area contributed by atoms with E-state index in [-0.39, 0.29) is 17.5 Å². The van der Waals surface area contributed by atoms with E-state index in [2.05, 4.69) is 15.6 Å². The van der Waals surface area contributed by atoms with E-state index in [1.54, 1.807) is 12.1 Å². The lowest BCUT2D eigenvalue weighted by Gasteiger charge is -2.09. The number of aromatic nitrogens is 1. The molecule has 2 N–H and O–H groups in total. The van der Waals surface area contributed by atoms with Crippen molar-refractivity contribution < 1.29 is 13.6 Å². The summed E-state index contributed by atoms with van der Waals surface area (Å²) in [6.45, 7) is 3.91. The van der Waals surface area contributed by atoms with Crippen LogP contribution in [-0.4, -0.2) is 10.9 Å². The van der Waals surface area contributed by atoms with E-state index in [4.69, 9.17) is 0 Å². The number of pyridine rings is 1. The predicted octanol–water partition coefficient (Wildman–Crippen LogP) is 4.09. The zero-order valence-corrected chi connectivity index (χ0v) is 12.4. The van der Waals surface area contributed by atoms with Crippen LogP contribution >= 0.6 is 0 Å². The number of anilines is 3. The fourth-order valence-corrected chi connectivity index (χ4v) is 1.85. The Kier molecular flexibility index (Phi) is 5.04. The highest BCUT2D eigenvalue weighted by Crippen LogP contribution is 2.21. The fourth-order valence-electron chi connectivity index (χ4n) is 1.85. The lowest BCUT2D eigenvalue weighted by atomic mass is 10.1. The second kappa shape index (κ2) is 6.98. The minimum atomic E-state index is -0.686. The highest BCUT2D eigenvalue weighted by Gasteiger charge is 2.07. The third-order valence-electron chi connectivity index (χ3n) is 2.83. The van der Waals surface area contributed by atoms with Crippen molar-refractivity contribution in [2.75, 3.05) is 10.6 Å². The van der Waals surface area contributed by atoms with Crippen LogP contribution in [0.5, 0.6) is 0 Å². The average Bonchev–Trinajstić information content (AvgIpc) is 2.43. The van der Waals surface area contributed by atoms with Crippen molar-refractivity contribution in [1.82, 2.24) is 4.98 Å². The van der Waals surface area contributed by atoms with E-state index in [0.29, 0.717) is 17.9 Å². The van der Waals surface area contributed by atoms with Crippen LogP contribution in [0.2, 0.25) is 0 Å². The molecule has 0 bridgehead atoms. The minimum Gasteiger partial charge on any atom is -0.352 e. The number of nitrogens with zero attached hydrogens (tertiary/aromatic N) is 1. The molecule has 1 heterocycles. The molecule has 4 nitrogen and oxygen atoms in total. The van der Waals surface area contributed by atoms with Gasteiger partial charge in [-0.2, -0.15) is 0 Å². The number of halogens is 2. The zero-order chi connectivity index (χ0) is 16.1. The first-order valence-electron chi connectivity index (χ1n) is 6.92. The summed E-state index contributed by atoms with van der Waals surface area (Å²) in [5.74, 6) is -0.732. The lowest BCUT2D eigenvalue weighted by Crippen LogP contribution is -2.14. The van der Waals surface area contributed by atoms with Crippen LogP contribution in [0.4, 0.5) is 26.0 Å².